The van der Waals surface area contributed by atoms with E-state index >= 15 is 0 Å². The number of hydrogen-bond donors (Lipinski definition) is 1. The number of carbonyl (C=O) groups is 1. The lowest BCUT2D eigenvalue weighted by atomic mass is 9.95. The standard InChI is InChI=1S/C12H17N3O2/c1-17-12(16)10-7-11(14-8-13-10)15-9-5-3-2-4-6-9/h7-9H,2-6H2,1H3,(H,13,14,15). The van der Waals surface area contributed by atoms with Crippen LogP contribution in [0.4, 0.5) is 5.82 Å². The van der Waals surface area contributed by atoms with Gasteiger partial charge in [0.25, 0.3) is 0 Å². The van der Waals surface area contributed by atoms with Crippen LogP contribution < -0.4 is 5.32 Å². The Labute approximate surface area is 101 Å². The Hall–Kier alpha value is -1.65. The number of nitrogens with one attached hydrogen (secondary N) is 1. The quantitative estimate of drug-likeness (QED) is 0.812. The monoisotopic (exact) mass is 235 g/mol. The highest BCUT2D eigenvalue weighted by Crippen LogP contribution is 2.20. The Morgan fingerprint density at radius 3 is 2.82 bits per heavy atom. The lowest BCUT2D eigenvalue weighted by Crippen LogP contribution is -2.23. The molecule has 1 fully saturated rings. The third kappa shape index (κ3) is 3.15. The van der Waals surface area contributed by atoms with Crippen LogP contribution in [-0.2, 0) is 4.74 Å². The van der Waals surface area contributed by atoms with E-state index in [1.54, 1.807) is 6.07 Å². The van der Waals surface area contributed by atoms with E-state index in [9.17, 15) is 4.79 Å². The first-order valence-corrected chi connectivity index (χ1v) is 5.96. The highest BCUT2D eigenvalue weighted by Gasteiger charge is 2.14. The van der Waals surface area contributed by atoms with Crippen LogP contribution in [0.15, 0.2) is 12.4 Å². The number of nitrogens with zero attached hydrogens (tertiary/aromatic N) is 2. The molecule has 0 amide bonds. The van der Waals surface area contributed by atoms with Crippen molar-refractivity contribution in [2.75, 3.05) is 12.4 Å². The van der Waals surface area contributed by atoms with E-state index in [2.05, 4.69) is 20.0 Å². The van der Waals surface area contributed by atoms with Crippen LogP contribution in [0, 0.1) is 0 Å². The van der Waals surface area contributed by atoms with Crippen molar-refractivity contribution in [1.82, 2.24) is 9.97 Å². The lowest BCUT2D eigenvalue weighted by Gasteiger charge is -2.23. The minimum Gasteiger partial charge on any atom is -0.464 e. The number of methoxy groups -OCH3 is 1. The highest BCUT2D eigenvalue weighted by atomic mass is 16.5. The van der Waals surface area contributed by atoms with Gasteiger partial charge in [-0.25, -0.2) is 14.8 Å². The van der Waals surface area contributed by atoms with Crippen LogP contribution in [0.25, 0.3) is 0 Å². The first-order chi connectivity index (χ1) is 8.29. The van der Waals surface area contributed by atoms with E-state index in [1.807, 2.05) is 0 Å². The van der Waals surface area contributed by atoms with Gasteiger partial charge >= 0.3 is 5.97 Å². The maximum absolute atomic E-state index is 11.3. The van der Waals surface area contributed by atoms with Crippen LogP contribution in [0.2, 0.25) is 0 Å². The second-order valence-corrected chi connectivity index (χ2v) is 4.26. The van der Waals surface area contributed by atoms with Crippen molar-refractivity contribution in [1.29, 1.82) is 0 Å². The molecule has 0 saturated heterocycles. The number of carbonyl (C=O) groups excluding carboxylic acids is 1. The summed E-state index contributed by atoms with van der Waals surface area (Å²) < 4.78 is 4.62. The summed E-state index contributed by atoms with van der Waals surface area (Å²) in [4.78, 5) is 19.3. The third-order valence-electron chi connectivity index (χ3n) is 3.02. The predicted molar refractivity (Wildman–Crippen MR) is 63.9 cm³/mol. The van der Waals surface area contributed by atoms with Gasteiger partial charge in [0, 0.05) is 12.1 Å². The number of esters is 1. The fourth-order valence-electron chi connectivity index (χ4n) is 2.11. The largest absolute Gasteiger partial charge is 0.464 e. The molecular weight excluding hydrogens is 218 g/mol. The van der Waals surface area contributed by atoms with Crippen molar-refractivity contribution in [2.24, 2.45) is 0 Å². The van der Waals surface area contributed by atoms with Gasteiger partial charge in [-0.05, 0) is 12.8 Å². The Bertz CT molecular complexity index is 389. The van der Waals surface area contributed by atoms with Crippen molar-refractivity contribution < 1.29 is 9.53 Å². The van der Waals surface area contributed by atoms with E-state index < -0.39 is 5.97 Å². The summed E-state index contributed by atoms with van der Waals surface area (Å²) in [6, 6.07) is 2.10. The number of rotatable bonds is 3. The summed E-state index contributed by atoms with van der Waals surface area (Å²) in [5.41, 5.74) is 0.292. The number of anilines is 1. The topological polar surface area (TPSA) is 64.1 Å². The van der Waals surface area contributed by atoms with E-state index in [0.29, 0.717) is 17.6 Å². The van der Waals surface area contributed by atoms with Crippen LogP contribution in [0.3, 0.4) is 0 Å². The summed E-state index contributed by atoms with van der Waals surface area (Å²) >= 11 is 0. The zero-order valence-electron chi connectivity index (χ0n) is 9.98. The average molecular weight is 235 g/mol. The van der Waals surface area contributed by atoms with Crippen molar-refractivity contribution in [3.63, 3.8) is 0 Å². The van der Waals surface area contributed by atoms with Crippen LogP contribution in [-0.4, -0.2) is 29.1 Å². The molecule has 17 heavy (non-hydrogen) atoms. The fourth-order valence-corrected chi connectivity index (χ4v) is 2.11. The number of hydrogen-bond acceptors (Lipinski definition) is 5. The molecule has 5 heteroatoms. The maximum atomic E-state index is 11.3. The fraction of sp³-hybridized carbons (Fsp3) is 0.583. The summed E-state index contributed by atoms with van der Waals surface area (Å²) in [5.74, 6) is 0.270. The zero-order valence-corrected chi connectivity index (χ0v) is 9.98. The summed E-state index contributed by atoms with van der Waals surface area (Å²) in [6.45, 7) is 0. The highest BCUT2D eigenvalue weighted by molar-refractivity contribution is 5.87. The molecule has 1 aromatic rings. The Balaban J connectivity index is 2.02. The second-order valence-electron chi connectivity index (χ2n) is 4.26. The molecule has 92 valence electrons. The first kappa shape index (κ1) is 11.8. The predicted octanol–water partition coefficient (Wildman–Crippen LogP) is 2.01. The van der Waals surface area contributed by atoms with Crippen LogP contribution in [0.1, 0.15) is 42.6 Å². The van der Waals surface area contributed by atoms with Gasteiger partial charge < -0.3 is 10.1 Å². The van der Waals surface area contributed by atoms with Crippen molar-refractivity contribution in [3.8, 4) is 0 Å². The average Bonchev–Trinajstić information content (AvgIpc) is 2.39. The first-order valence-electron chi connectivity index (χ1n) is 5.96. The summed E-state index contributed by atoms with van der Waals surface area (Å²) in [7, 11) is 1.35. The minimum absolute atomic E-state index is 0.292. The normalized spacial score (nSPS) is 16.5. The Morgan fingerprint density at radius 2 is 2.12 bits per heavy atom. The SMILES string of the molecule is COC(=O)c1cc(NC2CCCCC2)ncn1. The van der Waals surface area contributed by atoms with Gasteiger partial charge in [-0.2, -0.15) is 0 Å². The molecule has 1 heterocycles. The minimum atomic E-state index is -0.431. The van der Waals surface area contributed by atoms with Crippen molar-refractivity contribution in [3.05, 3.63) is 18.1 Å². The molecule has 2 rings (SSSR count). The summed E-state index contributed by atoms with van der Waals surface area (Å²) in [5, 5.41) is 3.34. The van der Waals surface area contributed by atoms with E-state index in [0.717, 1.165) is 12.8 Å². The Morgan fingerprint density at radius 1 is 1.35 bits per heavy atom. The molecule has 0 aromatic carbocycles. The molecule has 0 bridgehead atoms. The third-order valence-corrected chi connectivity index (χ3v) is 3.02. The van der Waals surface area contributed by atoms with E-state index in [1.165, 1.54) is 32.7 Å². The lowest BCUT2D eigenvalue weighted by molar-refractivity contribution is 0.0594. The van der Waals surface area contributed by atoms with Gasteiger partial charge in [0.05, 0.1) is 7.11 Å². The molecule has 5 nitrogen and oxygen atoms in total. The molecular formula is C12H17N3O2. The van der Waals surface area contributed by atoms with Crippen molar-refractivity contribution in [2.45, 2.75) is 38.1 Å². The van der Waals surface area contributed by atoms with Gasteiger partial charge in [-0.15, -0.1) is 0 Å². The zero-order chi connectivity index (χ0) is 12.1. The molecule has 1 N–H and O–H groups in total. The maximum Gasteiger partial charge on any atom is 0.356 e. The summed E-state index contributed by atoms with van der Waals surface area (Å²) in [6.07, 6.45) is 7.54. The smallest absolute Gasteiger partial charge is 0.356 e. The van der Waals surface area contributed by atoms with Gasteiger partial charge in [0.15, 0.2) is 5.69 Å². The molecule has 0 spiro atoms. The van der Waals surface area contributed by atoms with Crippen LogP contribution >= 0.6 is 0 Å². The van der Waals surface area contributed by atoms with Gasteiger partial charge in [-0.3, -0.25) is 0 Å². The van der Waals surface area contributed by atoms with Gasteiger partial charge in [0.1, 0.15) is 12.1 Å². The molecule has 0 atom stereocenters. The molecule has 1 aromatic heterocycles. The number of aromatic nitrogens is 2. The van der Waals surface area contributed by atoms with Crippen molar-refractivity contribution >= 4 is 11.8 Å². The molecule has 1 aliphatic carbocycles. The molecule has 0 unspecified atom stereocenters. The van der Waals surface area contributed by atoms with E-state index in [-0.39, 0.29) is 0 Å². The van der Waals surface area contributed by atoms with Crippen LogP contribution in [0.5, 0.6) is 0 Å². The number of ether oxygens (including phenoxy) is 1. The molecule has 1 saturated carbocycles. The van der Waals surface area contributed by atoms with E-state index in [4.69, 9.17) is 0 Å². The second kappa shape index (κ2) is 5.61. The Kier molecular flexibility index (Phi) is 3.90. The van der Waals surface area contributed by atoms with Gasteiger partial charge in [0.2, 0.25) is 0 Å². The van der Waals surface area contributed by atoms with Gasteiger partial charge in [-0.1, -0.05) is 19.3 Å². The molecule has 0 radical (unpaired) electrons. The molecule has 0 aliphatic heterocycles. The molecule has 1 aliphatic rings.